The van der Waals surface area contributed by atoms with Gasteiger partial charge >= 0.3 is 0 Å². The first-order valence-electron chi connectivity index (χ1n) is 8.27. The number of hydrogen-bond acceptors (Lipinski definition) is 4. The number of pyridine rings is 2. The van der Waals surface area contributed by atoms with Gasteiger partial charge in [-0.15, -0.1) is 0 Å². The van der Waals surface area contributed by atoms with Crippen LogP contribution in [0.3, 0.4) is 0 Å². The van der Waals surface area contributed by atoms with Crippen LogP contribution in [-0.4, -0.2) is 21.8 Å². The Labute approximate surface area is 145 Å². The first kappa shape index (κ1) is 12.5. The summed E-state index contributed by atoms with van der Waals surface area (Å²) in [7, 11) is 0. The molecule has 26 heavy (non-hydrogen) atoms. The largest absolute Gasteiger partial charge is 0.321 e. The minimum Gasteiger partial charge on any atom is -0.321 e. The van der Waals surface area contributed by atoms with Crippen LogP contribution in [0.2, 0.25) is 0 Å². The monoisotopic (exact) mass is 336 g/mol. The average Bonchev–Trinajstić information content (AvgIpc) is 3.16. The lowest BCUT2D eigenvalue weighted by Gasteiger charge is -2.13. The molecule has 2 N–H and O–H groups in total. The molecule has 0 radical (unpaired) electrons. The number of carbonyl (C=O) groups is 2. The van der Waals surface area contributed by atoms with Crippen molar-refractivity contribution in [1.82, 2.24) is 9.97 Å². The second-order valence-corrected chi connectivity index (χ2v) is 6.77. The van der Waals surface area contributed by atoms with Crippen molar-refractivity contribution in [2.45, 2.75) is 0 Å². The number of nitrogens with one attached hydrogen (secondary N) is 2. The van der Waals surface area contributed by atoms with Crippen molar-refractivity contribution in [2.24, 2.45) is 0 Å². The summed E-state index contributed by atoms with van der Waals surface area (Å²) in [4.78, 5) is 33.7. The number of aromatic nitrogens is 2. The number of fused-ring (bicyclic) bond motifs is 2. The van der Waals surface area contributed by atoms with E-state index in [-0.39, 0.29) is 11.8 Å². The summed E-state index contributed by atoms with van der Waals surface area (Å²) in [6.45, 7) is 0. The molecule has 2 aromatic heterocycles. The number of carbonyl (C=O) groups excluding carboxylic acids is 2. The SMILES string of the molecule is O=C1Nc2ccc3c4ncc5c6c(ccc(c7ncc1c2c37)c64)NC5=O. The quantitative estimate of drug-likeness (QED) is 0.334. The van der Waals surface area contributed by atoms with E-state index < -0.39 is 0 Å². The van der Waals surface area contributed by atoms with Crippen LogP contribution in [-0.2, 0) is 0 Å². The number of benzene rings is 3. The number of rotatable bonds is 0. The van der Waals surface area contributed by atoms with Crippen LogP contribution in [0.25, 0.3) is 43.4 Å². The van der Waals surface area contributed by atoms with Crippen LogP contribution in [0.4, 0.5) is 11.4 Å². The molecule has 0 atom stereocenters. The third-order valence-electron chi connectivity index (χ3n) is 5.56. The molecule has 6 heteroatoms. The van der Waals surface area contributed by atoms with E-state index in [1.807, 2.05) is 24.3 Å². The first-order valence-corrected chi connectivity index (χ1v) is 8.27. The van der Waals surface area contributed by atoms with Crippen LogP contribution < -0.4 is 10.6 Å². The van der Waals surface area contributed by atoms with Crippen LogP contribution in [0.1, 0.15) is 20.7 Å². The third-order valence-corrected chi connectivity index (χ3v) is 5.56. The summed E-state index contributed by atoms with van der Waals surface area (Å²) in [6.07, 6.45) is 3.27. The minimum absolute atomic E-state index is 0.126. The number of anilines is 2. The van der Waals surface area contributed by atoms with Gasteiger partial charge in [0.2, 0.25) is 0 Å². The van der Waals surface area contributed by atoms with Crippen LogP contribution in [0.15, 0.2) is 36.7 Å². The second kappa shape index (κ2) is 3.72. The summed E-state index contributed by atoms with van der Waals surface area (Å²) in [5.41, 5.74) is 4.45. The highest BCUT2D eigenvalue weighted by Crippen LogP contribution is 2.46. The number of nitrogens with zero attached hydrogens (tertiary/aromatic N) is 2. The van der Waals surface area contributed by atoms with Crippen molar-refractivity contribution < 1.29 is 9.59 Å². The minimum atomic E-state index is -0.126. The van der Waals surface area contributed by atoms with Gasteiger partial charge < -0.3 is 10.6 Å². The van der Waals surface area contributed by atoms with Gasteiger partial charge in [-0.1, -0.05) is 0 Å². The maximum atomic E-state index is 12.2. The number of amides is 2. The molecule has 2 amide bonds. The molecule has 0 fully saturated rings. The molecule has 5 aromatic rings. The van der Waals surface area contributed by atoms with Gasteiger partial charge in [0.25, 0.3) is 11.8 Å². The fraction of sp³-hybridized carbons (Fsp3) is 0. The predicted octanol–water partition coefficient (Wildman–Crippen LogP) is 3.66. The van der Waals surface area contributed by atoms with Gasteiger partial charge in [0.05, 0.1) is 22.2 Å². The zero-order chi connectivity index (χ0) is 17.2. The van der Waals surface area contributed by atoms with Crippen molar-refractivity contribution in [3.63, 3.8) is 0 Å². The fourth-order valence-corrected chi connectivity index (χ4v) is 4.51. The molecule has 120 valence electrons. The lowest BCUT2D eigenvalue weighted by molar-refractivity contribution is 0.102. The van der Waals surface area contributed by atoms with Gasteiger partial charge in [0.1, 0.15) is 0 Å². The van der Waals surface area contributed by atoms with Crippen molar-refractivity contribution in [2.75, 3.05) is 10.6 Å². The number of hydrogen-bond donors (Lipinski definition) is 2. The highest BCUT2D eigenvalue weighted by atomic mass is 16.2. The van der Waals surface area contributed by atoms with E-state index in [9.17, 15) is 9.59 Å². The molecule has 4 heterocycles. The van der Waals surface area contributed by atoms with Gasteiger partial charge in [-0.05, 0) is 24.3 Å². The Balaban J connectivity index is 1.88. The Morgan fingerprint density at radius 2 is 1.08 bits per heavy atom. The smallest absolute Gasteiger partial charge is 0.257 e. The summed E-state index contributed by atoms with van der Waals surface area (Å²) in [5, 5.41) is 11.4. The molecule has 0 saturated heterocycles. The Kier molecular flexibility index (Phi) is 1.80. The molecule has 0 saturated carbocycles. The van der Waals surface area contributed by atoms with Gasteiger partial charge in [-0.3, -0.25) is 19.6 Å². The van der Waals surface area contributed by atoms with Crippen molar-refractivity contribution >= 4 is 66.5 Å². The molecule has 0 spiro atoms. The van der Waals surface area contributed by atoms with E-state index in [2.05, 4.69) is 20.6 Å². The van der Waals surface area contributed by atoms with E-state index in [1.165, 1.54) is 0 Å². The lowest BCUT2D eigenvalue weighted by Crippen LogP contribution is -2.04. The zero-order valence-corrected chi connectivity index (χ0v) is 13.2. The Bertz CT molecular complexity index is 1380. The Hall–Kier alpha value is -3.80. The topological polar surface area (TPSA) is 84.0 Å². The highest BCUT2D eigenvalue weighted by Gasteiger charge is 2.29. The van der Waals surface area contributed by atoms with Crippen LogP contribution in [0, 0.1) is 0 Å². The maximum absolute atomic E-state index is 12.2. The molecule has 0 aliphatic carbocycles. The summed E-state index contributed by atoms with van der Waals surface area (Å²) >= 11 is 0. The molecule has 2 aliphatic rings. The van der Waals surface area contributed by atoms with Gasteiger partial charge in [0, 0.05) is 56.1 Å². The van der Waals surface area contributed by atoms with Crippen molar-refractivity contribution in [1.29, 1.82) is 0 Å². The summed E-state index contributed by atoms with van der Waals surface area (Å²) < 4.78 is 0. The molecule has 6 nitrogen and oxygen atoms in total. The van der Waals surface area contributed by atoms with Gasteiger partial charge in [0.15, 0.2) is 0 Å². The molecule has 3 aromatic carbocycles. The van der Waals surface area contributed by atoms with E-state index >= 15 is 0 Å². The molecular weight excluding hydrogens is 328 g/mol. The van der Waals surface area contributed by atoms with Crippen molar-refractivity contribution in [3.05, 3.63) is 47.8 Å². The summed E-state index contributed by atoms with van der Waals surface area (Å²) in [5.74, 6) is -0.253. The summed E-state index contributed by atoms with van der Waals surface area (Å²) in [6, 6.07) is 7.77. The Morgan fingerprint density at radius 1 is 0.615 bits per heavy atom. The molecular formula is C20H8N4O2. The van der Waals surface area contributed by atoms with E-state index in [4.69, 9.17) is 0 Å². The first-order chi connectivity index (χ1) is 12.7. The van der Waals surface area contributed by atoms with Crippen LogP contribution >= 0.6 is 0 Å². The van der Waals surface area contributed by atoms with Crippen LogP contribution in [0.5, 0.6) is 0 Å². The molecule has 0 unspecified atom stereocenters. The third kappa shape index (κ3) is 1.16. The highest BCUT2D eigenvalue weighted by molar-refractivity contribution is 6.40. The molecule has 7 rings (SSSR count). The zero-order valence-electron chi connectivity index (χ0n) is 13.2. The lowest BCUT2D eigenvalue weighted by atomic mass is 9.92. The average molecular weight is 336 g/mol. The fourth-order valence-electron chi connectivity index (χ4n) is 4.51. The van der Waals surface area contributed by atoms with Gasteiger partial charge in [-0.25, -0.2) is 0 Å². The predicted molar refractivity (Wildman–Crippen MR) is 99.1 cm³/mol. The van der Waals surface area contributed by atoms with E-state index in [0.717, 1.165) is 54.7 Å². The normalized spacial score (nSPS) is 14.9. The van der Waals surface area contributed by atoms with Gasteiger partial charge in [-0.2, -0.15) is 0 Å². The second-order valence-electron chi connectivity index (χ2n) is 6.77. The van der Waals surface area contributed by atoms with E-state index in [0.29, 0.717) is 11.1 Å². The molecule has 2 aliphatic heterocycles. The standard InChI is InChI=1S/C20H8N4O2/c25-19-9-6-22-18-8-2-4-12-14-10(20(26)24-12)5-21-17(16(8)14)7-1-3-11(23-19)13(9)15(7)18/h1-6H,(H,23,25)(H,24,26). The molecule has 0 bridgehead atoms. The van der Waals surface area contributed by atoms with E-state index in [1.54, 1.807) is 12.4 Å². The maximum Gasteiger partial charge on any atom is 0.257 e. The Morgan fingerprint density at radius 3 is 1.54 bits per heavy atom. The van der Waals surface area contributed by atoms with Crippen molar-refractivity contribution in [3.8, 4) is 0 Å².